The summed E-state index contributed by atoms with van der Waals surface area (Å²) in [5.41, 5.74) is 7.18. The maximum atomic E-state index is 13.7. The Hall–Kier alpha value is -5.51. The Bertz CT molecular complexity index is 2040. The monoisotopic (exact) mass is 881 g/mol. The fraction of sp³-hybridized carbons (Fsp3) is 0.119. The van der Waals surface area contributed by atoms with Crippen molar-refractivity contribution in [3.05, 3.63) is 171 Å². The first-order chi connectivity index (χ1) is 25.5. The van der Waals surface area contributed by atoms with Gasteiger partial charge in [-0.25, -0.2) is 9.97 Å². The number of hydrogen-bond donors (Lipinski definition) is 0. The van der Waals surface area contributed by atoms with Crippen LogP contribution in [0.2, 0.25) is 0 Å². The molecular formula is C42H34F2IrN8-6. The zero-order chi connectivity index (χ0) is 35.4. The summed E-state index contributed by atoms with van der Waals surface area (Å²) in [6.07, 6.45) is 5.26. The zero-order valence-electron chi connectivity index (χ0n) is 28.8. The Morgan fingerprint density at radius 3 is 1.62 bits per heavy atom. The third-order valence-electron chi connectivity index (χ3n) is 8.95. The molecule has 0 amide bonds. The van der Waals surface area contributed by atoms with Gasteiger partial charge in [-0.1, -0.05) is 30.0 Å². The maximum absolute atomic E-state index is 13.7. The molecule has 9 rings (SSSR count). The molecule has 4 heterocycles. The molecule has 0 saturated heterocycles. The van der Waals surface area contributed by atoms with E-state index in [9.17, 15) is 8.78 Å². The summed E-state index contributed by atoms with van der Waals surface area (Å²) in [5.74, 6) is -0.266. The first-order valence-corrected chi connectivity index (χ1v) is 17.0. The van der Waals surface area contributed by atoms with Gasteiger partial charge in [0.1, 0.15) is 11.6 Å². The fourth-order valence-electron chi connectivity index (χ4n) is 6.53. The molecule has 0 atom stereocenters. The van der Waals surface area contributed by atoms with E-state index in [-0.39, 0.29) is 25.8 Å². The van der Waals surface area contributed by atoms with Crippen molar-refractivity contribution in [1.82, 2.24) is 9.97 Å². The molecule has 1 aromatic heterocycles. The van der Waals surface area contributed by atoms with Gasteiger partial charge >= 0.3 is 0 Å². The number of fused-ring (bicyclic) bond motifs is 3. The molecule has 271 valence electrons. The minimum absolute atomic E-state index is 0. The molecule has 5 aromatic carbocycles. The van der Waals surface area contributed by atoms with Crippen LogP contribution in [0.3, 0.4) is 0 Å². The summed E-state index contributed by atoms with van der Waals surface area (Å²) in [5, 5.41) is 0. The molecule has 0 fully saturated rings. The second-order valence-electron chi connectivity index (χ2n) is 12.4. The third kappa shape index (κ3) is 7.40. The summed E-state index contributed by atoms with van der Waals surface area (Å²) in [7, 11) is 1.77. The first-order valence-electron chi connectivity index (χ1n) is 17.0. The van der Waals surface area contributed by atoms with Crippen molar-refractivity contribution in [1.29, 1.82) is 0 Å². The summed E-state index contributed by atoms with van der Waals surface area (Å²) in [4.78, 5) is 20.7. The van der Waals surface area contributed by atoms with Crippen molar-refractivity contribution in [3.8, 4) is 0 Å². The number of rotatable bonds is 8. The molecule has 3 aliphatic rings. The van der Waals surface area contributed by atoms with Crippen LogP contribution < -0.4 is 29.4 Å². The van der Waals surface area contributed by atoms with E-state index in [1.54, 1.807) is 24.8 Å². The van der Waals surface area contributed by atoms with Crippen LogP contribution in [0.5, 0.6) is 0 Å². The van der Waals surface area contributed by atoms with Crippen molar-refractivity contribution in [2.24, 2.45) is 0 Å². The zero-order valence-corrected chi connectivity index (χ0v) is 31.2. The van der Waals surface area contributed by atoms with Crippen molar-refractivity contribution in [3.63, 3.8) is 0 Å². The van der Waals surface area contributed by atoms with Crippen molar-refractivity contribution >= 4 is 51.4 Å². The van der Waals surface area contributed by atoms with Gasteiger partial charge in [0.15, 0.2) is 0 Å². The standard InChI is InChI=1S/C30H26N4.C12H8F2N4.Ir/c1-3-13-25(14-4-1)33-23-31(27-17-7-9-19-29(27)33)21-11-12-22-32-24-34(26-15-5-2-6-16-26)30-20-10-8-18-28(30)32;1-17-7-18(12-11(17)15-4-5-16-12)10-3-2-8(13)6-9(10)14;/h1-10,13,15,17-20,23-24H,11-12,21-22H2;2,4-7H,1H3;/q-4;-2;. The molecule has 0 N–H and O–H groups in total. The van der Waals surface area contributed by atoms with Crippen LogP contribution in [0, 0.1) is 49.8 Å². The normalized spacial score (nSPS) is 14.0. The molecule has 6 aromatic rings. The van der Waals surface area contributed by atoms with Crippen LogP contribution in [0.4, 0.5) is 60.2 Å². The Morgan fingerprint density at radius 1 is 0.604 bits per heavy atom. The summed E-state index contributed by atoms with van der Waals surface area (Å²) in [6, 6.07) is 44.6. The number of hydrogen-bond acceptors (Lipinski definition) is 8. The predicted molar refractivity (Wildman–Crippen MR) is 202 cm³/mol. The molecule has 8 nitrogen and oxygen atoms in total. The fourth-order valence-corrected chi connectivity index (χ4v) is 6.53. The minimum Gasteiger partial charge on any atom is -0.501 e. The van der Waals surface area contributed by atoms with E-state index in [2.05, 4.69) is 134 Å². The molecule has 0 unspecified atom stereocenters. The van der Waals surface area contributed by atoms with Gasteiger partial charge in [0, 0.05) is 66.9 Å². The van der Waals surface area contributed by atoms with Gasteiger partial charge in [-0.2, -0.15) is 80.1 Å². The average molecular weight is 881 g/mol. The second-order valence-corrected chi connectivity index (χ2v) is 12.4. The van der Waals surface area contributed by atoms with Crippen LogP contribution in [0.25, 0.3) is 0 Å². The predicted octanol–water partition coefficient (Wildman–Crippen LogP) is 9.18. The topological polar surface area (TPSA) is 45.2 Å². The smallest absolute Gasteiger partial charge is 0.144 e. The Kier molecular flexibility index (Phi) is 10.8. The quantitative estimate of drug-likeness (QED) is 0.111. The van der Waals surface area contributed by atoms with E-state index >= 15 is 0 Å². The average Bonchev–Trinajstić information content (AvgIpc) is 3.86. The maximum Gasteiger partial charge on any atom is 0.144 e. The van der Waals surface area contributed by atoms with Gasteiger partial charge in [0.25, 0.3) is 0 Å². The van der Waals surface area contributed by atoms with Crippen molar-refractivity contribution in [2.45, 2.75) is 12.8 Å². The summed E-state index contributed by atoms with van der Waals surface area (Å²) in [6.45, 7) is 8.00. The third-order valence-corrected chi connectivity index (χ3v) is 8.95. The number of benzene rings is 5. The Morgan fingerprint density at radius 2 is 1.11 bits per heavy atom. The van der Waals surface area contributed by atoms with E-state index in [1.165, 1.54) is 33.8 Å². The molecular weight excluding hydrogens is 847 g/mol. The Balaban J connectivity index is 0.000000194. The molecule has 0 saturated carbocycles. The van der Waals surface area contributed by atoms with Gasteiger partial charge in [0.05, 0.1) is 0 Å². The molecule has 0 spiro atoms. The summed E-state index contributed by atoms with van der Waals surface area (Å²) < 4.78 is 26.6. The van der Waals surface area contributed by atoms with E-state index in [4.69, 9.17) is 0 Å². The number of unbranched alkanes of at least 4 members (excludes halogenated alkanes) is 1. The van der Waals surface area contributed by atoms with Crippen molar-refractivity contribution in [2.75, 3.05) is 49.5 Å². The van der Waals surface area contributed by atoms with Gasteiger partial charge in [-0.05, 0) is 57.2 Å². The minimum atomic E-state index is -0.696. The number of anilines is 9. The number of nitrogens with zero attached hydrogens (tertiary/aromatic N) is 8. The van der Waals surface area contributed by atoms with E-state index < -0.39 is 11.6 Å². The van der Waals surface area contributed by atoms with Gasteiger partial charge in [-0.3, -0.25) is 8.78 Å². The number of halogens is 2. The van der Waals surface area contributed by atoms with Crippen LogP contribution in [0.15, 0.2) is 122 Å². The van der Waals surface area contributed by atoms with Gasteiger partial charge in [0.2, 0.25) is 0 Å². The Labute approximate surface area is 322 Å². The molecule has 0 bridgehead atoms. The van der Waals surface area contributed by atoms with E-state index in [0.29, 0.717) is 11.6 Å². The largest absolute Gasteiger partial charge is 0.501 e. The molecule has 53 heavy (non-hydrogen) atoms. The number of para-hydroxylation sites is 6. The summed E-state index contributed by atoms with van der Waals surface area (Å²) >= 11 is 0. The molecule has 3 aliphatic heterocycles. The van der Waals surface area contributed by atoms with Crippen molar-refractivity contribution < 1.29 is 28.9 Å². The second kappa shape index (κ2) is 16.0. The van der Waals surface area contributed by atoms with E-state index in [0.717, 1.165) is 49.4 Å². The van der Waals surface area contributed by atoms with Crippen LogP contribution in [-0.4, -0.2) is 30.1 Å². The molecule has 1 radical (unpaired) electrons. The first kappa shape index (κ1) is 35.9. The molecule has 11 heteroatoms. The van der Waals surface area contributed by atoms with E-state index in [1.807, 2.05) is 24.3 Å². The van der Waals surface area contributed by atoms with Crippen LogP contribution in [0.1, 0.15) is 12.8 Å². The molecule has 0 aliphatic carbocycles. The van der Waals surface area contributed by atoms with Crippen LogP contribution >= 0.6 is 0 Å². The number of aromatic nitrogens is 2. The SMILES string of the molecule is CN1[CH-]N(c2[c-]cc(F)cc2F)c2nccnc21.[Ir].[c-]1ccccc1N1[CH-]N(CCCCN2[CH-]N(c3[c-]cccc3)c3ccccc32)c2ccccc21. The van der Waals surface area contributed by atoms with Gasteiger partial charge in [-0.15, -0.1) is 30.2 Å². The van der Waals surface area contributed by atoms with Crippen LogP contribution in [-0.2, 0) is 20.1 Å². The van der Waals surface area contributed by atoms with Gasteiger partial charge < -0.3 is 29.4 Å².